The molecule has 3 nitrogen and oxygen atoms in total. The fraction of sp³-hybridized carbons (Fsp3) is 0.611. The third-order valence-corrected chi connectivity index (χ3v) is 4.80. The molecule has 1 amide bonds. The van der Waals surface area contributed by atoms with Gasteiger partial charge in [0.05, 0.1) is 19.1 Å². The van der Waals surface area contributed by atoms with Gasteiger partial charge in [0.1, 0.15) is 0 Å². The Bertz CT molecular complexity index is 490. The molecule has 0 bridgehead atoms. The fourth-order valence-electron chi connectivity index (χ4n) is 2.98. The average molecular weight is 289 g/mol. The maximum Gasteiger partial charge on any atom is 0.275 e. The van der Waals surface area contributed by atoms with E-state index in [1.807, 2.05) is 0 Å². The zero-order chi connectivity index (χ0) is 15.4. The Kier molecular flexibility index (Phi) is 5.40. The van der Waals surface area contributed by atoms with Crippen molar-refractivity contribution in [1.29, 1.82) is 0 Å². The van der Waals surface area contributed by atoms with Crippen LogP contribution in [0.2, 0.25) is 0 Å². The molecule has 1 fully saturated rings. The van der Waals surface area contributed by atoms with E-state index in [4.69, 9.17) is 0 Å². The summed E-state index contributed by atoms with van der Waals surface area (Å²) in [5.74, 6) is 0.997. The normalized spacial score (nSPS) is 23.6. The standard InChI is InChI=1S/C18H28N2O/c1-13-7-9-20(10-8-13)12-18(21)19-16(4)17-6-5-14(2)15(3)11-17/h5-6,11,13,16H,7-10,12H2,1-4H3,(H,19,21)/p+1/t16-/m0/s1. The Labute approximate surface area is 128 Å². The van der Waals surface area contributed by atoms with Crippen molar-refractivity contribution < 1.29 is 9.69 Å². The lowest BCUT2D eigenvalue weighted by Crippen LogP contribution is -3.14. The minimum absolute atomic E-state index is 0.0833. The summed E-state index contributed by atoms with van der Waals surface area (Å²) in [5, 5.41) is 3.14. The Hall–Kier alpha value is -1.35. The Balaban J connectivity index is 1.85. The highest BCUT2D eigenvalue weighted by atomic mass is 16.2. The van der Waals surface area contributed by atoms with E-state index >= 15 is 0 Å². The van der Waals surface area contributed by atoms with Crippen LogP contribution in [0.5, 0.6) is 0 Å². The summed E-state index contributed by atoms with van der Waals surface area (Å²) in [6.45, 7) is 11.5. The van der Waals surface area contributed by atoms with Crippen molar-refractivity contribution >= 4 is 5.91 Å². The molecule has 1 aliphatic rings. The predicted molar refractivity (Wildman–Crippen MR) is 86.4 cm³/mol. The maximum atomic E-state index is 12.2. The van der Waals surface area contributed by atoms with Crippen LogP contribution in [-0.4, -0.2) is 25.5 Å². The lowest BCUT2D eigenvalue weighted by molar-refractivity contribution is -0.898. The number of aryl methyl sites for hydroxylation is 2. The van der Waals surface area contributed by atoms with Crippen LogP contribution >= 0.6 is 0 Å². The molecule has 1 atom stereocenters. The van der Waals surface area contributed by atoms with E-state index < -0.39 is 0 Å². The summed E-state index contributed by atoms with van der Waals surface area (Å²) in [6, 6.07) is 6.50. The second kappa shape index (κ2) is 7.08. The molecule has 0 spiro atoms. The van der Waals surface area contributed by atoms with E-state index in [1.165, 1.54) is 34.4 Å². The van der Waals surface area contributed by atoms with Gasteiger partial charge in [-0.2, -0.15) is 0 Å². The van der Waals surface area contributed by atoms with Gasteiger partial charge in [-0.1, -0.05) is 25.1 Å². The van der Waals surface area contributed by atoms with Crippen LogP contribution < -0.4 is 10.2 Å². The maximum absolute atomic E-state index is 12.2. The molecule has 2 N–H and O–H groups in total. The van der Waals surface area contributed by atoms with Gasteiger partial charge in [-0.15, -0.1) is 0 Å². The van der Waals surface area contributed by atoms with E-state index in [0.717, 1.165) is 19.0 Å². The Morgan fingerprint density at radius 1 is 1.29 bits per heavy atom. The van der Waals surface area contributed by atoms with E-state index in [1.54, 1.807) is 0 Å². The summed E-state index contributed by atoms with van der Waals surface area (Å²) < 4.78 is 0. The molecule has 2 rings (SSSR count). The molecule has 1 aliphatic heterocycles. The van der Waals surface area contributed by atoms with Crippen LogP contribution in [0.3, 0.4) is 0 Å². The van der Waals surface area contributed by atoms with E-state index in [0.29, 0.717) is 6.54 Å². The van der Waals surface area contributed by atoms with Crippen LogP contribution in [0, 0.1) is 19.8 Å². The lowest BCUT2D eigenvalue weighted by Gasteiger charge is -2.27. The first-order chi connectivity index (χ1) is 9.95. The molecule has 0 unspecified atom stereocenters. The number of nitrogens with one attached hydrogen (secondary N) is 2. The molecule has 21 heavy (non-hydrogen) atoms. The van der Waals surface area contributed by atoms with E-state index in [9.17, 15) is 4.79 Å². The Morgan fingerprint density at radius 3 is 2.57 bits per heavy atom. The van der Waals surface area contributed by atoms with Crippen molar-refractivity contribution in [1.82, 2.24) is 5.32 Å². The quantitative estimate of drug-likeness (QED) is 0.870. The summed E-state index contributed by atoms with van der Waals surface area (Å²) in [5.41, 5.74) is 3.77. The van der Waals surface area contributed by atoms with Crippen LogP contribution in [-0.2, 0) is 4.79 Å². The van der Waals surface area contributed by atoms with Gasteiger partial charge >= 0.3 is 0 Å². The van der Waals surface area contributed by atoms with Gasteiger partial charge in [0.2, 0.25) is 0 Å². The molecular weight excluding hydrogens is 260 g/mol. The Morgan fingerprint density at radius 2 is 1.95 bits per heavy atom. The topological polar surface area (TPSA) is 33.5 Å². The summed E-state index contributed by atoms with van der Waals surface area (Å²) in [7, 11) is 0. The highest BCUT2D eigenvalue weighted by molar-refractivity contribution is 5.77. The van der Waals surface area contributed by atoms with Gasteiger partial charge in [-0.25, -0.2) is 0 Å². The highest BCUT2D eigenvalue weighted by Crippen LogP contribution is 2.16. The number of rotatable bonds is 4. The first-order valence-electron chi connectivity index (χ1n) is 8.15. The molecule has 1 heterocycles. The first kappa shape index (κ1) is 16.0. The number of benzene rings is 1. The van der Waals surface area contributed by atoms with E-state index in [-0.39, 0.29) is 11.9 Å². The second-order valence-electron chi connectivity index (χ2n) is 6.74. The minimum atomic E-state index is 0.0833. The smallest absolute Gasteiger partial charge is 0.275 e. The molecule has 1 saturated heterocycles. The van der Waals surface area contributed by atoms with Crippen molar-refractivity contribution in [2.45, 2.75) is 46.6 Å². The minimum Gasteiger partial charge on any atom is -0.345 e. The molecule has 3 heteroatoms. The molecule has 0 saturated carbocycles. The number of piperidine rings is 1. The predicted octanol–water partition coefficient (Wildman–Crippen LogP) is 1.80. The molecule has 1 aromatic rings. The first-order valence-corrected chi connectivity index (χ1v) is 8.15. The van der Waals surface area contributed by atoms with Gasteiger partial charge in [-0.05, 0) is 56.2 Å². The number of carbonyl (C=O) groups excluding carboxylic acids is 1. The molecular formula is C18H29N2O+. The zero-order valence-electron chi connectivity index (χ0n) is 13.8. The van der Waals surface area contributed by atoms with Crippen molar-refractivity contribution in [2.75, 3.05) is 19.6 Å². The summed E-state index contributed by atoms with van der Waals surface area (Å²) >= 11 is 0. The van der Waals surface area contributed by atoms with Crippen molar-refractivity contribution in [3.8, 4) is 0 Å². The largest absolute Gasteiger partial charge is 0.345 e. The molecule has 0 aromatic heterocycles. The van der Waals surface area contributed by atoms with Crippen LogP contribution in [0.1, 0.15) is 49.4 Å². The van der Waals surface area contributed by atoms with Crippen molar-refractivity contribution in [3.63, 3.8) is 0 Å². The SMILES string of the molecule is Cc1ccc([C@H](C)NC(=O)C[NH+]2CCC(C)CC2)cc1C. The van der Waals surface area contributed by atoms with Crippen LogP contribution in [0.25, 0.3) is 0 Å². The van der Waals surface area contributed by atoms with Crippen LogP contribution in [0.4, 0.5) is 0 Å². The molecule has 0 radical (unpaired) electrons. The average Bonchev–Trinajstić information content (AvgIpc) is 2.44. The second-order valence-corrected chi connectivity index (χ2v) is 6.74. The number of likely N-dealkylation sites (tertiary alicyclic amines) is 1. The van der Waals surface area contributed by atoms with Crippen molar-refractivity contribution in [2.24, 2.45) is 5.92 Å². The third kappa shape index (κ3) is 4.57. The highest BCUT2D eigenvalue weighted by Gasteiger charge is 2.22. The summed E-state index contributed by atoms with van der Waals surface area (Å²) in [6.07, 6.45) is 2.49. The number of carbonyl (C=O) groups is 1. The monoisotopic (exact) mass is 289 g/mol. The number of hydrogen-bond donors (Lipinski definition) is 2. The van der Waals surface area contributed by atoms with Gasteiger partial charge in [0.25, 0.3) is 5.91 Å². The fourth-order valence-corrected chi connectivity index (χ4v) is 2.98. The lowest BCUT2D eigenvalue weighted by atomic mass is 9.99. The summed E-state index contributed by atoms with van der Waals surface area (Å²) in [4.78, 5) is 13.6. The third-order valence-electron chi connectivity index (χ3n) is 4.80. The molecule has 0 aliphatic carbocycles. The van der Waals surface area contributed by atoms with Gasteiger partial charge in [0.15, 0.2) is 6.54 Å². The van der Waals surface area contributed by atoms with Crippen molar-refractivity contribution in [3.05, 3.63) is 34.9 Å². The van der Waals surface area contributed by atoms with Gasteiger partial charge < -0.3 is 10.2 Å². The zero-order valence-corrected chi connectivity index (χ0v) is 13.8. The van der Waals surface area contributed by atoms with Crippen LogP contribution in [0.15, 0.2) is 18.2 Å². The number of amides is 1. The molecule has 1 aromatic carbocycles. The number of quaternary nitrogens is 1. The van der Waals surface area contributed by atoms with E-state index in [2.05, 4.69) is 51.2 Å². The van der Waals surface area contributed by atoms with Gasteiger partial charge in [0, 0.05) is 0 Å². The number of hydrogen-bond acceptors (Lipinski definition) is 1. The molecule has 116 valence electrons. The van der Waals surface area contributed by atoms with Gasteiger partial charge in [-0.3, -0.25) is 4.79 Å².